The van der Waals surface area contributed by atoms with Gasteiger partial charge in [0.05, 0.1) is 23.0 Å². The summed E-state index contributed by atoms with van der Waals surface area (Å²) in [7, 11) is 0. The first-order valence-corrected chi connectivity index (χ1v) is 12.2. The minimum Gasteiger partial charge on any atom is -0.452 e. The molecular formula is C30H27N5O4. The summed E-state index contributed by atoms with van der Waals surface area (Å²) in [5, 5.41) is 18.7. The number of aromatic nitrogens is 2. The van der Waals surface area contributed by atoms with Crippen LogP contribution in [-0.2, 0) is 14.3 Å². The molecule has 0 saturated carbocycles. The van der Waals surface area contributed by atoms with Crippen molar-refractivity contribution in [3.05, 3.63) is 95.1 Å². The van der Waals surface area contributed by atoms with E-state index < -0.39 is 24.4 Å². The van der Waals surface area contributed by atoms with Crippen LogP contribution in [0.5, 0.6) is 0 Å². The molecule has 0 radical (unpaired) electrons. The summed E-state index contributed by atoms with van der Waals surface area (Å²) in [5.41, 5.74) is 6.47. The zero-order valence-corrected chi connectivity index (χ0v) is 21.8. The van der Waals surface area contributed by atoms with Crippen LogP contribution in [0.4, 0.5) is 11.5 Å². The van der Waals surface area contributed by atoms with Crippen molar-refractivity contribution in [2.45, 2.75) is 27.2 Å². The minimum atomic E-state index is -0.692. The van der Waals surface area contributed by atoms with Gasteiger partial charge in [-0.15, -0.1) is 0 Å². The van der Waals surface area contributed by atoms with Crippen molar-refractivity contribution in [3.8, 4) is 23.0 Å². The Morgan fingerprint density at radius 2 is 1.56 bits per heavy atom. The normalized spacial score (nSPS) is 10.4. The molecule has 0 aliphatic heterocycles. The first-order chi connectivity index (χ1) is 18.7. The number of hydrogen-bond acceptors (Lipinski definition) is 6. The number of nitrogens with one attached hydrogen (secondary N) is 2. The highest BCUT2D eigenvalue weighted by Crippen LogP contribution is 2.29. The van der Waals surface area contributed by atoms with Crippen molar-refractivity contribution >= 4 is 29.3 Å². The van der Waals surface area contributed by atoms with Crippen LogP contribution < -0.4 is 10.6 Å². The van der Waals surface area contributed by atoms with Crippen LogP contribution in [0.25, 0.3) is 16.9 Å². The second-order valence-corrected chi connectivity index (χ2v) is 9.00. The minimum absolute atomic E-state index is 0.211. The molecule has 0 spiro atoms. The Balaban J connectivity index is 1.47. The van der Waals surface area contributed by atoms with Gasteiger partial charge >= 0.3 is 5.97 Å². The zero-order chi connectivity index (χ0) is 27.9. The largest absolute Gasteiger partial charge is 0.452 e. The molecular weight excluding hydrogens is 494 g/mol. The summed E-state index contributed by atoms with van der Waals surface area (Å²) in [6.07, 6.45) is -0.270. The zero-order valence-electron chi connectivity index (χ0n) is 21.8. The number of ether oxygens (including phenoxy) is 1. The van der Waals surface area contributed by atoms with Crippen LogP contribution in [0.15, 0.2) is 72.8 Å². The summed E-state index contributed by atoms with van der Waals surface area (Å²) in [6.45, 7) is 5.62. The number of para-hydroxylation sites is 1. The van der Waals surface area contributed by atoms with E-state index in [0.717, 1.165) is 22.4 Å². The maximum atomic E-state index is 12.8. The Hall–Kier alpha value is -5.23. The van der Waals surface area contributed by atoms with Crippen LogP contribution >= 0.6 is 0 Å². The molecule has 39 heavy (non-hydrogen) atoms. The number of benzene rings is 3. The molecule has 1 aromatic heterocycles. The van der Waals surface area contributed by atoms with E-state index >= 15 is 0 Å². The Bertz CT molecular complexity index is 1570. The Kier molecular flexibility index (Phi) is 8.17. The first kappa shape index (κ1) is 26.8. The quantitative estimate of drug-likeness (QED) is 0.310. The summed E-state index contributed by atoms with van der Waals surface area (Å²) >= 11 is 0. The van der Waals surface area contributed by atoms with Crippen molar-refractivity contribution in [2.24, 2.45) is 0 Å². The van der Waals surface area contributed by atoms with E-state index in [1.807, 2.05) is 44.2 Å². The van der Waals surface area contributed by atoms with Gasteiger partial charge in [0.25, 0.3) is 5.91 Å². The van der Waals surface area contributed by atoms with Crippen LogP contribution in [-0.4, -0.2) is 34.2 Å². The topological polar surface area (TPSA) is 126 Å². The van der Waals surface area contributed by atoms with E-state index in [1.54, 1.807) is 16.8 Å². The predicted molar refractivity (Wildman–Crippen MR) is 147 cm³/mol. The summed E-state index contributed by atoms with van der Waals surface area (Å²) < 4.78 is 6.84. The third-order valence-corrected chi connectivity index (χ3v) is 6.07. The lowest BCUT2D eigenvalue weighted by molar-refractivity contribution is -0.119. The van der Waals surface area contributed by atoms with E-state index in [4.69, 9.17) is 15.1 Å². The van der Waals surface area contributed by atoms with Crippen molar-refractivity contribution in [1.82, 2.24) is 9.78 Å². The summed E-state index contributed by atoms with van der Waals surface area (Å²) in [6, 6.07) is 23.1. The van der Waals surface area contributed by atoms with Gasteiger partial charge in [0.2, 0.25) is 5.91 Å². The van der Waals surface area contributed by atoms with E-state index in [-0.39, 0.29) is 12.0 Å². The second-order valence-electron chi connectivity index (χ2n) is 9.00. The Labute approximate surface area is 226 Å². The number of hydrogen-bond donors (Lipinski definition) is 2. The van der Waals surface area contributed by atoms with Crippen molar-refractivity contribution in [3.63, 3.8) is 0 Å². The standard InChI is InChI=1S/C30H27N5O4/c1-19-15-21(3)25(16-20(19)2)26-17-27(35(34-26)24-7-5-4-6-8-24)33-29(37)18-39-30(38)22-9-11-23(12-10-22)32-28(36)13-14-31/h4-12,15-17H,13,18H2,1-3H3,(H,32,36)(H,33,37). The number of amides is 2. The smallest absolute Gasteiger partial charge is 0.338 e. The maximum Gasteiger partial charge on any atom is 0.338 e. The summed E-state index contributed by atoms with van der Waals surface area (Å²) in [4.78, 5) is 36.8. The van der Waals surface area contributed by atoms with Gasteiger partial charge in [0, 0.05) is 17.3 Å². The van der Waals surface area contributed by atoms with Crippen molar-refractivity contribution in [2.75, 3.05) is 17.2 Å². The van der Waals surface area contributed by atoms with E-state index in [2.05, 4.69) is 29.7 Å². The number of aryl methyl sites for hydroxylation is 3. The molecule has 0 aliphatic carbocycles. The van der Waals surface area contributed by atoms with Gasteiger partial charge in [-0.1, -0.05) is 24.3 Å². The molecule has 0 saturated heterocycles. The van der Waals surface area contributed by atoms with Crippen LogP contribution in [0.2, 0.25) is 0 Å². The maximum absolute atomic E-state index is 12.8. The number of carbonyl (C=O) groups is 3. The fraction of sp³-hybridized carbons (Fsp3) is 0.167. The Morgan fingerprint density at radius 3 is 2.26 bits per heavy atom. The van der Waals surface area contributed by atoms with Crippen molar-refractivity contribution in [1.29, 1.82) is 5.26 Å². The van der Waals surface area contributed by atoms with Crippen LogP contribution in [0.3, 0.4) is 0 Å². The van der Waals surface area contributed by atoms with Gasteiger partial charge < -0.3 is 15.4 Å². The lowest BCUT2D eigenvalue weighted by Crippen LogP contribution is -2.22. The molecule has 2 N–H and O–H groups in total. The highest BCUT2D eigenvalue weighted by Gasteiger charge is 2.17. The van der Waals surface area contributed by atoms with E-state index in [1.165, 1.54) is 29.8 Å². The number of nitriles is 1. The van der Waals surface area contributed by atoms with Gasteiger partial charge in [0.1, 0.15) is 12.2 Å². The lowest BCUT2D eigenvalue weighted by atomic mass is 9.99. The second kappa shape index (κ2) is 11.9. The number of carbonyl (C=O) groups excluding carboxylic acids is 3. The predicted octanol–water partition coefficient (Wildman–Crippen LogP) is 5.11. The van der Waals surface area contributed by atoms with Gasteiger partial charge in [-0.05, 0) is 79.9 Å². The fourth-order valence-corrected chi connectivity index (χ4v) is 3.96. The molecule has 2 amide bonds. The number of esters is 1. The molecule has 9 heteroatoms. The van der Waals surface area contributed by atoms with E-state index in [0.29, 0.717) is 17.2 Å². The van der Waals surface area contributed by atoms with Crippen LogP contribution in [0, 0.1) is 32.1 Å². The molecule has 0 fully saturated rings. The van der Waals surface area contributed by atoms with E-state index in [9.17, 15) is 14.4 Å². The van der Waals surface area contributed by atoms with Gasteiger partial charge in [0.15, 0.2) is 6.61 Å². The molecule has 3 aromatic carbocycles. The molecule has 0 unspecified atom stereocenters. The van der Waals surface area contributed by atoms with Gasteiger partial charge in [-0.3, -0.25) is 9.59 Å². The summed E-state index contributed by atoms with van der Waals surface area (Å²) in [5.74, 6) is -1.23. The fourth-order valence-electron chi connectivity index (χ4n) is 3.96. The molecule has 1 heterocycles. The highest BCUT2D eigenvalue weighted by atomic mass is 16.5. The molecule has 4 aromatic rings. The molecule has 0 aliphatic rings. The first-order valence-electron chi connectivity index (χ1n) is 12.2. The Morgan fingerprint density at radius 1 is 0.872 bits per heavy atom. The van der Waals surface area contributed by atoms with Gasteiger partial charge in [-0.25, -0.2) is 9.48 Å². The number of anilines is 2. The van der Waals surface area contributed by atoms with Gasteiger partial charge in [-0.2, -0.15) is 10.4 Å². The molecule has 196 valence electrons. The molecule has 0 bridgehead atoms. The molecule has 4 rings (SSSR count). The average Bonchev–Trinajstić information content (AvgIpc) is 3.33. The highest BCUT2D eigenvalue weighted by molar-refractivity contribution is 5.96. The average molecular weight is 522 g/mol. The SMILES string of the molecule is Cc1cc(C)c(-c2cc(NC(=O)COC(=O)c3ccc(NC(=O)CC#N)cc3)n(-c3ccccc3)n2)cc1C. The third kappa shape index (κ3) is 6.56. The van der Waals surface area contributed by atoms with Crippen LogP contribution in [0.1, 0.15) is 33.5 Å². The number of nitrogens with zero attached hydrogens (tertiary/aromatic N) is 3. The third-order valence-electron chi connectivity index (χ3n) is 6.07. The molecule has 0 atom stereocenters. The number of rotatable bonds is 8. The van der Waals surface area contributed by atoms with Crippen molar-refractivity contribution < 1.29 is 19.1 Å². The lowest BCUT2D eigenvalue weighted by Gasteiger charge is -2.09. The monoisotopic (exact) mass is 521 g/mol. The molecule has 9 nitrogen and oxygen atoms in total.